The second kappa shape index (κ2) is 5.89. The Balaban J connectivity index is 2.01. The number of pyridine rings is 1. The third kappa shape index (κ3) is 3.62. The van der Waals surface area contributed by atoms with Crippen LogP contribution in [0.5, 0.6) is 0 Å². The van der Waals surface area contributed by atoms with Crippen LogP contribution >= 0.6 is 0 Å². The smallest absolute Gasteiger partial charge is 0.127 e. The average molecular weight is 233 g/mol. The standard InChI is InChI=1S/C14H23N3/c1-3-8-15-14-10-13(7-9-16-14)17(4-2)11-12-5-6-12/h7,9-10,12H,3-6,8,11H2,1-2H3,(H,15,16). The van der Waals surface area contributed by atoms with Gasteiger partial charge < -0.3 is 10.2 Å². The Morgan fingerprint density at radius 1 is 1.41 bits per heavy atom. The lowest BCUT2D eigenvalue weighted by atomic mass is 10.3. The molecule has 0 amide bonds. The van der Waals surface area contributed by atoms with Gasteiger partial charge in [0.15, 0.2) is 0 Å². The van der Waals surface area contributed by atoms with Crippen molar-refractivity contribution in [1.29, 1.82) is 0 Å². The largest absolute Gasteiger partial charge is 0.371 e. The second-order valence-corrected chi connectivity index (χ2v) is 4.81. The van der Waals surface area contributed by atoms with Gasteiger partial charge in [-0.1, -0.05) is 6.92 Å². The van der Waals surface area contributed by atoms with Crippen molar-refractivity contribution in [1.82, 2.24) is 4.98 Å². The molecule has 0 spiro atoms. The van der Waals surface area contributed by atoms with Gasteiger partial charge in [0.25, 0.3) is 0 Å². The zero-order chi connectivity index (χ0) is 12.1. The van der Waals surface area contributed by atoms with Gasteiger partial charge in [0, 0.05) is 37.6 Å². The van der Waals surface area contributed by atoms with E-state index in [1.54, 1.807) is 0 Å². The Morgan fingerprint density at radius 3 is 2.88 bits per heavy atom. The lowest BCUT2D eigenvalue weighted by Crippen LogP contribution is -2.25. The van der Waals surface area contributed by atoms with Crippen molar-refractivity contribution in [2.24, 2.45) is 5.92 Å². The van der Waals surface area contributed by atoms with E-state index in [0.717, 1.165) is 31.2 Å². The minimum Gasteiger partial charge on any atom is -0.371 e. The number of hydrogen-bond acceptors (Lipinski definition) is 3. The predicted octanol–water partition coefficient (Wildman–Crippen LogP) is 3.14. The molecule has 1 heterocycles. The molecule has 2 rings (SSSR count). The molecule has 1 fully saturated rings. The topological polar surface area (TPSA) is 28.2 Å². The highest BCUT2D eigenvalue weighted by molar-refractivity contribution is 5.53. The maximum atomic E-state index is 4.35. The molecule has 0 aromatic carbocycles. The molecule has 1 saturated carbocycles. The maximum Gasteiger partial charge on any atom is 0.127 e. The van der Waals surface area contributed by atoms with Crippen LogP contribution in [0, 0.1) is 5.92 Å². The Morgan fingerprint density at radius 2 is 2.24 bits per heavy atom. The average Bonchev–Trinajstić information content (AvgIpc) is 3.18. The maximum absolute atomic E-state index is 4.35. The zero-order valence-electron chi connectivity index (χ0n) is 10.9. The minimum absolute atomic E-state index is 0.926. The summed E-state index contributed by atoms with van der Waals surface area (Å²) in [5.74, 6) is 1.92. The molecule has 0 saturated heterocycles. The van der Waals surface area contributed by atoms with Crippen LogP contribution in [0.3, 0.4) is 0 Å². The fourth-order valence-corrected chi connectivity index (χ4v) is 2.00. The number of hydrogen-bond donors (Lipinski definition) is 1. The van der Waals surface area contributed by atoms with Gasteiger partial charge in [0.2, 0.25) is 0 Å². The SMILES string of the molecule is CCCNc1cc(N(CC)CC2CC2)ccn1. The summed E-state index contributed by atoms with van der Waals surface area (Å²) < 4.78 is 0. The molecule has 0 bridgehead atoms. The summed E-state index contributed by atoms with van der Waals surface area (Å²) in [6.45, 7) is 7.66. The van der Waals surface area contributed by atoms with Crippen LogP contribution in [0.25, 0.3) is 0 Å². The summed E-state index contributed by atoms with van der Waals surface area (Å²) >= 11 is 0. The van der Waals surface area contributed by atoms with E-state index in [4.69, 9.17) is 0 Å². The van der Waals surface area contributed by atoms with Crippen molar-refractivity contribution < 1.29 is 0 Å². The van der Waals surface area contributed by atoms with Crippen LogP contribution in [0.4, 0.5) is 11.5 Å². The summed E-state index contributed by atoms with van der Waals surface area (Å²) in [7, 11) is 0. The number of rotatable bonds is 7. The molecule has 1 aliphatic carbocycles. The Kier molecular flexibility index (Phi) is 4.24. The van der Waals surface area contributed by atoms with Crippen LogP contribution in [0.1, 0.15) is 33.1 Å². The highest BCUT2D eigenvalue weighted by Crippen LogP contribution is 2.31. The van der Waals surface area contributed by atoms with Crippen LogP contribution in [0.15, 0.2) is 18.3 Å². The Labute approximate surface area is 104 Å². The highest BCUT2D eigenvalue weighted by atomic mass is 15.1. The van der Waals surface area contributed by atoms with Crippen LogP contribution < -0.4 is 10.2 Å². The summed E-state index contributed by atoms with van der Waals surface area (Å²) in [5, 5.41) is 3.34. The van der Waals surface area contributed by atoms with Gasteiger partial charge >= 0.3 is 0 Å². The highest BCUT2D eigenvalue weighted by Gasteiger charge is 2.23. The fraction of sp³-hybridized carbons (Fsp3) is 0.643. The van der Waals surface area contributed by atoms with Gasteiger partial charge in [-0.25, -0.2) is 4.98 Å². The van der Waals surface area contributed by atoms with E-state index in [9.17, 15) is 0 Å². The normalized spacial score (nSPS) is 14.7. The summed E-state index contributed by atoms with van der Waals surface area (Å²) in [6.07, 6.45) is 5.85. The van der Waals surface area contributed by atoms with Crippen molar-refractivity contribution in [2.45, 2.75) is 33.1 Å². The molecule has 1 aromatic heterocycles. The lowest BCUT2D eigenvalue weighted by molar-refractivity contribution is 0.741. The fourth-order valence-electron chi connectivity index (χ4n) is 2.00. The number of nitrogens with zero attached hydrogens (tertiary/aromatic N) is 2. The molecule has 1 N–H and O–H groups in total. The first-order valence-electron chi connectivity index (χ1n) is 6.78. The van der Waals surface area contributed by atoms with Crippen molar-refractivity contribution in [2.75, 3.05) is 29.9 Å². The number of nitrogens with one attached hydrogen (secondary N) is 1. The summed E-state index contributed by atoms with van der Waals surface area (Å²) in [5.41, 5.74) is 1.30. The van der Waals surface area contributed by atoms with E-state index < -0.39 is 0 Å². The summed E-state index contributed by atoms with van der Waals surface area (Å²) in [4.78, 5) is 6.81. The zero-order valence-corrected chi connectivity index (χ0v) is 10.9. The molecule has 94 valence electrons. The second-order valence-electron chi connectivity index (χ2n) is 4.81. The molecule has 17 heavy (non-hydrogen) atoms. The van der Waals surface area contributed by atoms with Crippen molar-refractivity contribution in [3.63, 3.8) is 0 Å². The lowest BCUT2D eigenvalue weighted by Gasteiger charge is -2.23. The van der Waals surface area contributed by atoms with Gasteiger partial charge in [0.05, 0.1) is 0 Å². The molecular formula is C14H23N3. The van der Waals surface area contributed by atoms with Gasteiger partial charge in [-0.05, 0) is 38.2 Å². The van der Waals surface area contributed by atoms with E-state index in [1.807, 2.05) is 6.20 Å². The number of anilines is 2. The third-order valence-corrected chi connectivity index (χ3v) is 3.22. The molecule has 0 atom stereocenters. The van der Waals surface area contributed by atoms with Gasteiger partial charge in [-0.2, -0.15) is 0 Å². The number of aromatic nitrogens is 1. The first kappa shape index (κ1) is 12.2. The van der Waals surface area contributed by atoms with Crippen LogP contribution in [-0.4, -0.2) is 24.6 Å². The van der Waals surface area contributed by atoms with Crippen molar-refractivity contribution in [3.8, 4) is 0 Å². The molecule has 0 radical (unpaired) electrons. The van der Waals surface area contributed by atoms with E-state index in [1.165, 1.54) is 25.1 Å². The Bertz CT molecular complexity index is 347. The van der Waals surface area contributed by atoms with Gasteiger partial charge in [0.1, 0.15) is 5.82 Å². The third-order valence-electron chi connectivity index (χ3n) is 3.22. The molecule has 0 aliphatic heterocycles. The molecule has 3 nitrogen and oxygen atoms in total. The van der Waals surface area contributed by atoms with E-state index in [-0.39, 0.29) is 0 Å². The molecule has 1 aromatic rings. The minimum atomic E-state index is 0.926. The van der Waals surface area contributed by atoms with Crippen LogP contribution in [-0.2, 0) is 0 Å². The predicted molar refractivity (Wildman–Crippen MR) is 73.6 cm³/mol. The van der Waals surface area contributed by atoms with Crippen LogP contribution in [0.2, 0.25) is 0 Å². The Hall–Kier alpha value is -1.25. The molecule has 0 unspecified atom stereocenters. The first-order valence-corrected chi connectivity index (χ1v) is 6.78. The summed E-state index contributed by atoms with van der Waals surface area (Å²) in [6, 6.07) is 4.28. The molecular weight excluding hydrogens is 210 g/mol. The van der Waals surface area contributed by atoms with Crippen molar-refractivity contribution in [3.05, 3.63) is 18.3 Å². The van der Waals surface area contributed by atoms with Gasteiger partial charge in [-0.3, -0.25) is 0 Å². The van der Waals surface area contributed by atoms with E-state index in [2.05, 4.69) is 41.2 Å². The quantitative estimate of drug-likeness (QED) is 0.784. The van der Waals surface area contributed by atoms with Crippen molar-refractivity contribution >= 4 is 11.5 Å². The monoisotopic (exact) mass is 233 g/mol. The molecule has 3 heteroatoms. The van der Waals surface area contributed by atoms with E-state index >= 15 is 0 Å². The molecule has 1 aliphatic rings. The van der Waals surface area contributed by atoms with Gasteiger partial charge in [-0.15, -0.1) is 0 Å². The van der Waals surface area contributed by atoms with E-state index in [0.29, 0.717) is 0 Å². The first-order chi connectivity index (χ1) is 8.33.